The van der Waals surface area contributed by atoms with Crippen LogP contribution in [-0.2, 0) is 20.7 Å². The first kappa shape index (κ1) is 17.4. The molecule has 0 aliphatic carbocycles. The predicted octanol–water partition coefficient (Wildman–Crippen LogP) is 3.01. The maximum absolute atomic E-state index is 12.0. The molecule has 21 heavy (non-hydrogen) atoms. The minimum atomic E-state index is -0.517. The lowest BCUT2D eigenvalue weighted by Gasteiger charge is -2.25. The number of hydrogen-bond donors (Lipinski definition) is 0. The van der Waals surface area contributed by atoms with Gasteiger partial charge in [-0.1, -0.05) is 6.92 Å². The lowest BCUT2D eigenvalue weighted by molar-refractivity contribution is -0.142. The Morgan fingerprint density at radius 2 is 2.05 bits per heavy atom. The third-order valence-electron chi connectivity index (χ3n) is 2.95. The summed E-state index contributed by atoms with van der Waals surface area (Å²) in [5, 5.41) is 2.23. The van der Waals surface area contributed by atoms with Crippen molar-refractivity contribution >= 4 is 28.5 Å². The molecule has 118 valence electrons. The molecule has 0 spiro atoms. The van der Waals surface area contributed by atoms with Gasteiger partial charge in [0.15, 0.2) is 5.13 Å². The van der Waals surface area contributed by atoms with Gasteiger partial charge in [0.25, 0.3) is 0 Å². The minimum absolute atomic E-state index is 0.105. The monoisotopic (exact) mass is 314 g/mol. The van der Waals surface area contributed by atoms with E-state index in [0.717, 1.165) is 6.42 Å². The van der Waals surface area contributed by atoms with Gasteiger partial charge in [0.1, 0.15) is 5.60 Å². The van der Waals surface area contributed by atoms with Crippen LogP contribution in [0.5, 0.6) is 0 Å². The van der Waals surface area contributed by atoms with Gasteiger partial charge >= 0.3 is 12.1 Å². The van der Waals surface area contributed by atoms with Crippen molar-refractivity contribution in [1.29, 1.82) is 0 Å². The summed E-state index contributed by atoms with van der Waals surface area (Å²) in [6.45, 7) is 7.76. The smallest absolute Gasteiger partial charge is 0.416 e. The van der Waals surface area contributed by atoms with E-state index in [9.17, 15) is 9.59 Å². The molecule has 0 bridgehead atoms. The van der Waals surface area contributed by atoms with Gasteiger partial charge in [0.05, 0.1) is 18.7 Å². The molecule has 0 unspecified atom stereocenters. The maximum Gasteiger partial charge on any atom is 0.416 e. The fraction of sp³-hybridized carbons (Fsp3) is 0.643. The quantitative estimate of drug-likeness (QED) is 0.755. The molecule has 6 nitrogen and oxygen atoms in total. The second kappa shape index (κ2) is 7.40. The third kappa shape index (κ3) is 5.34. The maximum atomic E-state index is 12.0. The van der Waals surface area contributed by atoms with Crippen molar-refractivity contribution < 1.29 is 19.1 Å². The first-order valence-electron chi connectivity index (χ1n) is 6.85. The molecule has 0 radical (unpaired) electrons. The van der Waals surface area contributed by atoms with E-state index in [1.54, 1.807) is 19.4 Å². The Labute approximate surface area is 129 Å². The lowest BCUT2D eigenvalue weighted by atomic mass is 10.1. The van der Waals surface area contributed by atoms with E-state index in [1.807, 2.05) is 20.8 Å². The summed E-state index contributed by atoms with van der Waals surface area (Å²) in [6.07, 6.45) is 0.366. The van der Waals surface area contributed by atoms with Crippen LogP contribution in [0.1, 0.15) is 39.8 Å². The number of carbonyl (C=O) groups is 2. The highest BCUT2D eigenvalue weighted by Gasteiger charge is 2.25. The van der Waals surface area contributed by atoms with Gasteiger partial charge in [-0.15, -0.1) is 11.3 Å². The zero-order valence-corrected chi connectivity index (χ0v) is 14.0. The number of thiazole rings is 1. The molecule has 7 heteroatoms. The Kier molecular flexibility index (Phi) is 6.14. The normalized spacial score (nSPS) is 11.1. The van der Waals surface area contributed by atoms with Crippen molar-refractivity contribution in [2.45, 2.75) is 46.1 Å². The molecule has 0 saturated carbocycles. The van der Waals surface area contributed by atoms with Crippen molar-refractivity contribution in [2.75, 3.05) is 18.6 Å². The van der Waals surface area contributed by atoms with Gasteiger partial charge in [0.2, 0.25) is 0 Å². The summed E-state index contributed by atoms with van der Waals surface area (Å²) in [5.74, 6) is -0.327. The van der Waals surface area contributed by atoms with Crippen LogP contribution >= 0.6 is 11.3 Å². The standard InChI is InChI=1S/C14H22N2O4S/c1-6-14(3,4)20-13(18)16(5)12-15-10(9-21-12)8-11(17)19-7-2/h9H,6-8H2,1-5H3. The van der Waals surface area contributed by atoms with Crippen LogP contribution in [-0.4, -0.2) is 36.3 Å². The summed E-state index contributed by atoms with van der Waals surface area (Å²) in [7, 11) is 1.60. The van der Waals surface area contributed by atoms with Gasteiger partial charge in [-0.05, 0) is 27.2 Å². The molecular formula is C14H22N2O4S. The summed E-state index contributed by atoms with van der Waals surface area (Å²) < 4.78 is 10.3. The molecule has 0 aliphatic rings. The number of nitrogens with zero attached hydrogens (tertiary/aromatic N) is 2. The van der Waals surface area contributed by atoms with Crippen LogP contribution in [0, 0.1) is 0 Å². The van der Waals surface area contributed by atoms with E-state index in [0.29, 0.717) is 17.4 Å². The molecule has 0 N–H and O–H groups in total. The minimum Gasteiger partial charge on any atom is -0.466 e. The van der Waals surface area contributed by atoms with E-state index in [1.165, 1.54) is 16.2 Å². The molecule has 0 atom stereocenters. The Balaban J connectivity index is 2.67. The van der Waals surface area contributed by atoms with Crippen molar-refractivity contribution in [3.8, 4) is 0 Å². The lowest BCUT2D eigenvalue weighted by Crippen LogP contribution is -2.35. The largest absolute Gasteiger partial charge is 0.466 e. The molecule has 1 aromatic rings. The molecule has 0 fully saturated rings. The summed E-state index contributed by atoms with van der Waals surface area (Å²) >= 11 is 1.29. The number of aromatic nitrogens is 1. The molecule has 0 aromatic carbocycles. The van der Waals surface area contributed by atoms with E-state index in [2.05, 4.69) is 4.98 Å². The van der Waals surface area contributed by atoms with Gasteiger partial charge in [-0.3, -0.25) is 9.69 Å². The highest BCUT2D eigenvalue weighted by Crippen LogP contribution is 2.23. The highest BCUT2D eigenvalue weighted by molar-refractivity contribution is 7.14. The van der Waals surface area contributed by atoms with Gasteiger partial charge in [0, 0.05) is 12.4 Å². The Hall–Kier alpha value is -1.63. The zero-order chi connectivity index (χ0) is 16.0. The van der Waals surface area contributed by atoms with E-state index < -0.39 is 11.7 Å². The zero-order valence-electron chi connectivity index (χ0n) is 13.1. The molecule has 1 heterocycles. The Morgan fingerprint density at radius 1 is 1.38 bits per heavy atom. The summed E-state index contributed by atoms with van der Waals surface area (Å²) in [5.41, 5.74) is 0.0685. The molecule has 0 saturated heterocycles. The number of rotatable bonds is 6. The molecule has 1 rings (SSSR count). The van der Waals surface area contributed by atoms with Gasteiger partial charge in [-0.25, -0.2) is 9.78 Å². The van der Waals surface area contributed by atoms with Crippen molar-refractivity contribution in [1.82, 2.24) is 4.98 Å². The average Bonchev–Trinajstić information content (AvgIpc) is 2.86. The van der Waals surface area contributed by atoms with Crippen molar-refractivity contribution in [2.24, 2.45) is 0 Å². The van der Waals surface area contributed by atoms with Crippen molar-refractivity contribution in [3.63, 3.8) is 0 Å². The van der Waals surface area contributed by atoms with E-state index in [-0.39, 0.29) is 12.4 Å². The topological polar surface area (TPSA) is 68.7 Å². The van der Waals surface area contributed by atoms with Crippen LogP contribution in [0.2, 0.25) is 0 Å². The fourth-order valence-electron chi connectivity index (χ4n) is 1.35. The van der Waals surface area contributed by atoms with E-state index >= 15 is 0 Å². The van der Waals surface area contributed by atoms with E-state index in [4.69, 9.17) is 9.47 Å². The number of ether oxygens (including phenoxy) is 2. The predicted molar refractivity (Wildman–Crippen MR) is 81.7 cm³/mol. The van der Waals surface area contributed by atoms with Crippen LogP contribution in [0.15, 0.2) is 5.38 Å². The third-order valence-corrected chi connectivity index (χ3v) is 3.91. The Morgan fingerprint density at radius 3 is 2.62 bits per heavy atom. The number of hydrogen-bond acceptors (Lipinski definition) is 6. The first-order valence-corrected chi connectivity index (χ1v) is 7.73. The van der Waals surface area contributed by atoms with Crippen LogP contribution in [0.3, 0.4) is 0 Å². The molecule has 1 amide bonds. The fourth-order valence-corrected chi connectivity index (χ4v) is 2.13. The van der Waals surface area contributed by atoms with Crippen molar-refractivity contribution in [3.05, 3.63) is 11.1 Å². The molecular weight excluding hydrogens is 292 g/mol. The van der Waals surface area contributed by atoms with Gasteiger partial charge in [-0.2, -0.15) is 0 Å². The average molecular weight is 314 g/mol. The summed E-state index contributed by atoms with van der Waals surface area (Å²) in [6, 6.07) is 0. The highest BCUT2D eigenvalue weighted by atomic mass is 32.1. The van der Waals surface area contributed by atoms with Crippen LogP contribution in [0.25, 0.3) is 0 Å². The van der Waals surface area contributed by atoms with Crippen LogP contribution in [0.4, 0.5) is 9.93 Å². The number of amides is 1. The summed E-state index contributed by atoms with van der Waals surface area (Å²) in [4.78, 5) is 29.0. The number of anilines is 1. The van der Waals surface area contributed by atoms with Crippen LogP contribution < -0.4 is 4.90 Å². The van der Waals surface area contributed by atoms with Gasteiger partial charge < -0.3 is 9.47 Å². The Bertz CT molecular complexity index is 499. The molecule has 1 aromatic heterocycles. The number of esters is 1. The SMILES string of the molecule is CCOC(=O)Cc1csc(N(C)C(=O)OC(C)(C)CC)n1. The number of carbonyl (C=O) groups excluding carboxylic acids is 2. The first-order chi connectivity index (χ1) is 9.79. The molecule has 0 aliphatic heterocycles. The second-order valence-electron chi connectivity index (χ2n) is 5.14. The second-order valence-corrected chi connectivity index (χ2v) is 5.98.